The standard InChI is InChI=1S/C23H15ClN4O3/c1-31-20-4-2-3-18-22(20)25-13-19-21(14-5-9-17(10-6-14)28(29)30)26-27(23(18)19)16-11-7-15(24)8-12-16/h2-13H,1H3. The van der Waals surface area contributed by atoms with Gasteiger partial charge in [0.25, 0.3) is 5.69 Å². The molecule has 0 spiro atoms. The maximum absolute atomic E-state index is 11.0. The second-order valence-corrected chi connectivity index (χ2v) is 7.35. The van der Waals surface area contributed by atoms with Crippen molar-refractivity contribution >= 4 is 39.1 Å². The number of halogens is 1. The molecular formula is C23H15ClN4O3. The van der Waals surface area contributed by atoms with Gasteiger partial charge in [0, 0.05) is 39.7 Å². The van der Waals surface area contributed by atoms with Crippen LogP contribution in [0.2, 0.25) is 5.02 Å². The summed E-state index contributed by atoms with van der Waals surface area (Å²) in [5.41, 5.74) is 3.88. The summed E-state index contributed by atoms with van der Waals surface area (Å²) in [5.74, 6) is 0.667. The molecule has 152 valence electrons. The Morgan fingerprint density at radius 3 is 2.42 bits per heavy atom. The van der Waals surface area contributed by atoms with E-state index in [9.17, 15) is 10.1 Å². The Hall–Kier alpha value is -3.97. The number of benzene rings is 3. The molecule has 0 aliphatic heterocycles. The maximum Gasteiger partial charge on any atom is 0.269 e. The summed E-state index contributed by atoms with van der Waals surface area (Å²) < 4.78 is 7.33. The SMILES string of the molecule is COc1cccc2c1ncc1c(-c3ccc([N+](=O)[O-])cc3)nn(-c3ccc(Cl)cc3)c12. The van der Waals surface area contributed by atoms with E-state index in [1.54, 1.807) is 37.6 Å². The lowest BCUT2D eigenvalue weighted by Crippen LogP contribution is -1.97. The van der Waals surface area contributed by atoms with E-state index in [0.29, 0.717) is 16.5 Å². The third-order valence-corrected chi connectivity index (χ3v) is 5.39. The van der Waals surface area contributed by atoms with Crippen LogP contribution in [0.4, 0.5) is 5.69 Å². The summed E-state index contributed by atoms with van der Waals surface area (Å²) in [4.78, 5) is 15.2. The molecule has 0 aliphatic carbocycles. The monoisotopic (exact) mass is 430 g/mol. The van der Waals surface area contributed by atoms with E-state index < -0.39 is 4.92 Å². The van der Waals surface area contributed by atoms with Crippen LogP contribution < -0.4 is 4.74 Å². The summed E-state index contributed by atoms with van der Waals surface area (Å²) >= 11 is 6.08. The van der Waals surface area contributed by atoms with E-state index in [-0.39, 0.29) is 5.69 Å². The second kappa shape index (κ2) is 7.37. The normalized spacial score (nSPS) is 11.2. The van der Waals surface area contributed by atoms with Crippen molar-refractivity contribution in [3.8, 4) is 22.7 Å². The van der Waals surface area contributed by atoms with Crippen LogP contribution >= 0.6 is 11.6 Å². The minimum Gasteiger partial charge on any atom is -0.494 e. The Bertz CT molecular complexity index is 1440. The van der Waals surface area contributed by atoms with Gasteiger partial charge in [-0.05, 0) is 42.5 Å². The Morgan fingerprint density at radius 2 is 1.74 bits per heavy atom. The highest BCUT2D eigenvalue weighted by Gasteiger charge is 2.19. The van der Waals surface area contributed by atoms with Gasteiger partial charge in [-0.25, -0.2) is 4.68 Å². The zero-order valence-corrected chi connectivity index (χ0v) is 17.1. The van der Waals surface area contributed by atoms with Crippen LogP contribution in [0.15, 0.2) is 72.9 Å². The number of hydrogen-bond donors (Lipinski definition) is 0. The number of nitro benzene ring substituents is 1. The number of pyridine rings is 1. The highest BCUT2D eigenvalue weighted by atomic mass is 35.5. The molecule has 5 rings (SSSR count). The van der Waals surface area contributed by atoms with Crippen molar-refractivity contribution in [2.24, 2.45) is 0 Å². The van der Waals surface area contributed by atoms with Crippen molar-refractivity contribution in [2.45, 2.75) is 0 Å². The van der Waals surface area contributed by atoms with E-state index in [0.717, 1.165) is 33.1 Å². The molecule has 3 aromatic carbocycles. The summed E-state index contributed by atoms with van der Waals surface area (Å²) in [6.45, 7) is 0. The van der Waals surface area contributed by atoms with E-state index in [4.69, 9.17) is 21.4 Å². The molecule has 0 bridgehead atoms. The van der Waals surface area contributed by atoms with Crippen LogP contribution in [0.1, 0.15) is 0 Å². The number of hydrogen-bond acceptors (Lipinski definition) is 5. The first-order valence-electron chi connectivity index (χ1n) is 9.42. The van der Waals surface area contributed by atoms with E-state index >= 15 is 0 Å². The lowest BCUT2D eigenvalue weighted by atomic mass is 10.1. The first-order valence-corrected chi connectivity index (χ1v) is 9.80. The average Bonchev–Trinajstić information content (AvgIpc) is 3.19. The van der Waals surface area contributed by atoms with Gasteiger partial charge in [0.2, 0.25) is 0 Å². The summed E-state index contributed by atoms with van der Waals surface area (Å²) in [6, 6.07) is 19.5. The zero-order chi connectivity index (χ0) is 21.5. The Balaban J connectivity index is 1.84. The van der Waals surface area contributed by atoms with E-state index in [2.05, 4.69) is 4.98 Å². The number of aromatic nitrogens is 3. The van der Waals surface area contributed by atoms with Crippen molar-refractivity contribution in [1.29, 1.82) is 0 Å². The predicted octanol–water partition coefficient (Wildman–Crippen LogP) is 5.81. The Kier molecular flexibility index (Phi) is 4.52. The van der Waals surface area contributed by atoms with Crippen LogP contribution in [-0.4, -0.2) is 26.8 Å². The number of rotatable bonds is 4. The fourth-order valence-electron chi connectivity index (χ4n) is 3.68. The second-order valence-electron chi connectivity index (χ2n) is 6.92. The van der Waals surface area contributed by atoms with Crippen molar-refractivity contribution in [3.05, 3.63) is 88.1 Å². The lowest BCUT2D eigenvalue weighted by molar-refractivity contribution is -0.384. The maximum atomic E-state index is 11.0. The van der Waals surface area contributed by atoms with Gasteiger partial charge in [-0.1, -0.05) is 23.7 Å². The Morgan fingerprint density at radius 1 is 1.00 bits per heavy atom. The molecule has 0 saturated carbocycles. The molecule has 2 heterocycles. The van der Waals surface area contributed by atoms with Crippen molar-refractivity contribution in [3.63, 3.8) is 0 Å². The van der Waals surface area contributed by atoms with Gasteiger partial charge in [0.1, 0.15) is 17.0 Å². The third kappa shape index (κ3) is 3.15. The average molecular weight is 431 g/mol. The van der Waals surface area contributed by atoms with E-state index in [1.807, 2.05) is 35.0 Å². The first kappa shape index (κ1) is 19.0. The number of nitro groups is 1. The molecular weight excluding hydrogens is 416 g/mol. The fraction of sp³-hybridized carbons (Fsp3) is 0.0435. The minimum atomic E-state index is -0.421. The molecule has 0 amide bonds. The fourth-order valence-corrected chi connectivity index (χ4v) is 3.80. The molecule has 0 saturated heterocycles. The number of non-ortho nitro benzene ring substituents is 1. The van der Waals surface area contributed by atoms with Gasteiger partial charge in [-0.3, -0.25) is 15.1 Å². The molecule has 7 nitrogen and oxygen atoms in total. The molecule has 0 fully saturated rings. The molecule has 2 aromatic heterocycles. The zero-order valence-electron chi connectivity index (χ0n) is 16.3. The molecule has 0 N–H and O–H groups in total. The van der Waals surface area contributed by atoms with Crippen LogP contribution in [-0.2, 0) is 0 Å². The molecule has 0 aliphatic rings. The van der Waals surface area contributed by atoms with Crippen LogP contribution in [0.25, 0.3) is 38.8 Å². The molecule has 8 heteroatoms. The molecule has 0 atom stereocenters. The molecule has 5 aromatic rings. The molecule has 31 heavy (non-hydrogen) atoms. The van der Waals surface area contributed by atoms with Crippen LogP contribution in [0.5, 0.6) is 5.75 Å². The Labute approximate surface area is 181 Å². The summed E-state index contributed by atoms with van der Waals surface area (Å²) in [7, 11) is 1.61. The van der Waals surface area contributed by atoms with Crippen molar-refractivity contribution < 1.29 is 9.66 Å². The van der Waals surface area contributed by atoms with Gasteiger partial charge >= 0.3 is 0 Å². The number of fused-ring (bicyclic) bond motifs is 3. The smallest absolute Gasteiger partial charge is 0.269 e. The predicted molar refractivity (Wildman–Crippen MR) is 120 cm³/mol. The highest BCUT2D eigenvalue weighted by Crippen LogP contribution is 2.36. The highest BCUT2D eigenvalue weighted by molar-refractivity contribution is 6.30. The van der Waals surface area contributed by atoms with Crippen LogP contribution in [0.3, 0.4) is 0 Å². The van der Waals surface area contributed by atoms with E-state index in [1.165, 1.54) is 12.1 Å². The van der Waals surface area contributed by atoms with Crippen LogP contribution in [0, 0.1) is 10.1 Å². The van der Waals surface area contributed by atoms with Gasteiger partial charge in [-0.2, -0.15) is 5.10 Å². The van der Waals surface area contributed by atoms with Gasteiger partial charge in [0.05, 0.1) is 23.2 Å². The lowest BCUT2D eigenvalue weighted by Gasteiger charge is -2.08. The third-order valence-electron chi connectivity index (χ3n) is 5.14. The number of para-hydroxylation sites is 1. The van der Waals surface area contributed by atoms with Crippen molar-refractivity contribution in [2.75, 3.05) is 7.11 Å². The number of ether oxygens (including phenoxy) is 1. The van der Waals surface area contributed by atoms with Gasteiger partial charge in [-0.15, -0.1) is 0 Å². The van der Waals surface area contributed by atoms with Gasteiger partial charge in [0.15, 0.2) is 0 Å². The largest absolute Gasteiger partial charge is 0.494 e. The summed E-state index contributed by atoms with van der Waals surface area (Å²) in [6.07, 6.45) is 1.76. The first-order chi connectivity index (χ1) is 15.1. The van der Waals surface area contributed by atoms with Crippen molar-refractivity contribution in [1.82, 2.24) is 14.8 Å². The topological polar surface area (TPSA) is 83.1 Å². The van der Waals surface area contributed by atoms with Gasteiger partial charge < -0.3 is 4.74 Å². The minimum absolute atomic E-state index is 0.0264. The quantitative estimate of drug-likeness (QED) is 0.265. The molecule has 0 radical (unpaired) electrons. The summed E-state index contributed by atoms with van der Waals surface area (Å²) in [5, 5.41) is 18.2. The number of methoxy groups -OCH3 is 1. The molecule has 0 unspecified atom stereocenters. The number of nitrogens with zero attached hydrogens (tertiary/aromatic N) is 4.